The smallest absolute Gasteiger partial charge is 0.289 e. The number of para-hydroxylation sites is 1. The number of nitro groups is 1. The molecule has 32 heavy (non-hydrogen) atoms. The van der Waals surface area contributed by atoms with Gasteiger partial charge in [0.25, 0.3) is 5.69 Å². The summed E-state index contributed by atoms with van der Waals surface area (Å²) in [6.45, 7) is 0.442. The van der Waals surface area contributed by atoms with Gasteiger partial charge in [0.15, 0.2) is 4.90 Å². The molecule has 1 amide bonds. The maximum Gasteiger partial charge on any atom is 0.289 e. The second-order valence-corrected chi connectivity index (χ2v) is 9.31. The highest BCUT2D eigenvalue weighted by Gasteiger charge is 2.24. The van der Waals surface area contributed by atoms with Gasteiger partial charge in [-0.15, -0.1) is 0 Å². The quantitative estimate of drug-likeness (QED) is 0.223. The summed E-state index contributed by atoms with van der Waals surface area (Å²) in [5.41, 5.74) is 5.08. The van der Waals surface area contributed by atoms with Gasteiger partial charge in [0, 0.05) is 43.1 Å². The Hall–Kier alpha value is -2.94. The van der Waals surface area contributed by atoms with Crippen molar-refractivity contribution in [3.05, 3.63) is 46.8 Å². The van der Waals surface area contributed by atoms with Crippen molar-refractivity contribution in [2.24, 2.45) is 5.73 Å². The zero-order valence-corrected chi connectivity index (χ0v) is 18.7. The molecule has 2 aromatic heterocycles. The number of nitrogens with two attached hydrogens (primary N) is 1. The highest BCUT2D eigenvalue weighted by atomic mass is 32.2. The first-order chi connectivity index (χ1) is 15.3. The fourth-order valence-corrected chi connectivity index (χ4v) is 5.06. The van der Waals surface area contributed by atoms with Crippen LogP contribution < -0.4 is 15.4 Å². The van der Waals surface area contributed by atoms with E-state index in [4.69, 9.17) is 5.73 Å². The molecule has 12 nitrogen and oxygen atoms in total. The van der Waals surface area contributed by atoms with E-state index in [2.05, 4.69) is 14.1 Å². The summed E-state index contributed by atoms with van der Waals surface area (Å²) in [5, 5.41) is 11.1. The number of nitro benzene ring substituents is 1. The van der Waals surface area contributed by atoms with E-state index >= 15 is 0 Å². The van der Waals surface area contributed by atoms with Gasteiger partial charge in [-0.1, -0.05) is 25.0 Å². The molecular weight excluding hydrogens is 458 g/mol. The minimum Gasteiger partial charge on any atom is -0.322 e. The summed E-state index contributed by atoms with van der Waals surface area (Å²) in [7, 11) is -3.98. The molecule has 0 spiro atoms. The molecule has 0 aliphatic carbocycles. The minimum atomic E-state index is -3.98. The van der Waals surface area contributed by atoms with Crippen molar-refractivity contribution in [2.45, 2.75) is 30.6 Å². The van der Waals surface area contributed by atoms with Crippen LogP contribution in [-0.4, -0.2) is 52.6 Å². The number of unbranched alkanes of at least 4 members (excludes halogenated alkanes) is 3. The normalized spacial score (nSPS) is 11.7. The van der Waals surface area contributed by atoms with E-state index in [1.807, 2.05) is 0 Å². The Kier molecular flexibility index (Phi) is 7.84. The highest BCUT2D eigenvalue weighted by Crippen LogP contribution is 2.23. The van der Waals surface area contributed by atoms with E-state index in [1.165, 1.54) is 34.6 Å². The molecule has 0 saturated carbocycles. The molecule has 2 heterocycles. The number of hydrogen-bond donors (Lipinski definition) is 2. The van der Waals surface area contributed by atoms with Crippen LogP contribution in [0.5, 0.6) is 0 Å². The number of rotatable bonds is 12. The molecule has 0 radical (unpaired) electrons. The van der Waals surface area contributed by atoms with Crippen LogP contribution in [0.3, 0.4) is 0 Å². The van der Waals surface area contributed by atoms with Crippen molar-refractivity contribution >= 4 is 44.1 Å². The molecule has 0 fully saturated rings. The van der Waals surface area contributed by atoms with Crippen LogP contribution in [0.1, 0.15) is 25.7 Å². The van der Waals surface area contributed by atoms with Crippen molar-refractivity contribution in [1.29, 1.82) is 0 Å². The van der Waals surface area contributed by atoms with Gasteiger partial charge in [-0.25, -0.2) is 18.1 Å². The van der Waals surface area contributed by atoms with E-state index in [0.29, 0.717) is 36.7 Å². The van der Waals surface area contributed by atoms with E-state index < -0.39 is 20.6 Å². The Morgan fingerprint density at radius 3 is 2.75 bits per heavy atom. The number of nitrogens with one attached hydrogen (secondary N) is 1. The average molecular weight is 482 g/mol. The Morgan fingerprint density at radius 1 is 1.25 bits per heavy atom. The number of amides is 1. The summed E-state index contributed by atoms with van der Waals surface area (Å²) in [6, 6.07) is 5.22. The number of benzene rings is 1. The highest BCUT2D eigenvalue weighted by molar-refractivity contribution is 7.89. The van der Waals surface area contributed by atoms with Gasteiger partial charge >= 0.3 is 0 Å². The van der Waals surface area contributed by atoms with Crippen molar-refractivity contribution in [3.63, 3.8) is 0 Å². The summed E-state index contributed by atoms with van der Waals surface area (Å²) < 4.78 is 33.2. The zero-order chi connectivity index (χ0) is 23.1. The molecule has 3 N–H and O–H groups in total. The number of aromatic nitrogens is 3. The van der Waals surface area contributed by atoms with Gasteiger partial charge in [0.2, 0.25) is 26.8 Å². The molecule has 3 aromatic rings. The maximum absolute atomic E-state index is 12.4. The molecule has 1 aromatic carbocycles. The lowest BCUT2D eigenvalue weighted by atomic mass is 10.2. The standard InChI is InChI=1S/C18H23N7O5S2/c19-13-16(26)23(17-22-31-18-20-10-12-24(17)18)11-6-2-1-5-9-21-32(29,30)15-8-4-3-7-14(15)25(27)28/h3-4,7-8,10,12,21H,1-2,5-6,9,11,13,19H2. The van der Waals surface area contributed by atoms with Gasteiger partial charge in [-0.3, -0.25) is 24.2 Å². The number of imidazole rings is 1. The third-order valence-electron chi connectivity index (χ3n) is 4.70. The number of carbonyl (C=O) groups excluding carboxylic acids is 1. The van der Waals surface area contributed by atoms with Gasteiger partial charge in [0.1, 0.15) is 0 Å². The average Bonchev–Trinajstić information content (AvgIpc) is 3.39. The fraction of sp³-hybridized carbons (Fsp3) is 0.389. The van der Waals surface area contributed by atoms with Crippen molar-refractivity contribution in [2.75, 3.05) is 24.5 Å². The molecule has 0 saturated heterocycles. The number of hydrogen-bond acceptors (Lipinski definition) is 9. The van der Waals surface area contributed by atoms with Crippen LogP contribution >= 0.6 is 11.5 Å². The summed E-state index contributed by atoms with van der Waals surface area (Å²) in [5.74, 6) is 0.235. The lowest BCUT2D eigenvalue weighted by molar-refractivity contribution is -0.387. The third-order valence-corrected chi connectivity index (χ3v) is 6.93. The van der Waals surface area contributed by atoms with Crippen LogP contribution in [-0.2, 0) is 14.8 Å². The van der Waals surface area contributed by atoms with Crippen LogP contribution in [0.25, 0.3) is 4.96 Å². The van der Waals surface area contributed by atoms with E-state index in [1.54, 1.807) is 16.8 Å². The lowest BCUT2D eigenvalue weighted by Gasteiger charge is -2.19. The Balaban J connectivity index is 1.46. The largest absolute Gasteiger partial charge is 0.322 e. The monoisotopic (exact) mass is 481 g/mol. The minimum absolute atomic E-state index is 0.138. The predicted octanol–water partition coefficient (Wildman–Crippen LogP) is 1.53. The second-order valence-electron chi connectivity index (χ2n) is 6.85. The lowest BCUT2D eigenvalue weighted by Crippen LogP contribution is -2.38. The molecule has 14 heteroatoms. The fourth-order valence-electron chi connectivity index (χ4n) is 3.13. The third kappa shape index (κ3) is 5.45. The molecular formula is C18H23N7O5S2. The second kappa shape index (κ2) is 10.6. The first kappa shape index (κ1) is 23.7. The maximum atomic E-state index is 12.4. The first-order valence-corrected chi connectivity index (χ1v) is 12.1. The van der Waals surface area contributed by atoms with Crippen molar-refractivity contribution in [1.82, 2.24) is 18.5 Å². The van der Waals surface area contributed by atoms with Crippen LogP contribution in [0.15, 0.2) is 41.6 Å². The molecule has 0 aliphatic rings. The zero-order valence-electron chi connectivity index (χ0n) is 17.1. The van der Waals surface area contributed by atoms with E-state index in [-0.39, 0.29) is 23.9 Å². The van der Waals surface area contributed by atoms with E-state index in [9.17, 15) is 23.3 Å². The molecule has 0 unspecified atom stereocenters. The van der Waals surface area contributed by atoms with Crippen molar-refractivity contribution in [3.8, 4) is 0 Å². The Morgan fingerprint density at radius 2 is 2.00 bits per heavy atom. The molecule has 0 bridgehead atoms. The van der Waals surface area contributed by atoms with Gasteiger partial charge < -0.3 is 5.73 Å². The van der Waals surface area contributed by atoms with Crippen molar-refractivity contribution < 1.29 is 18.1 Å². The molecule has 3 rings (SSSR count). The van der Waals surface area contributed by atoms with Crippen LogP contribution in [0, 0.1) is 10.1 Å². The SMILES string of the molecule is NCC(=O)N(CCCCCCNS(=O)(=O)c1ccccc1[N+](=O)[O-])c1nsc2nccn12. The van der Waals surface area contributed by atoms with Gasteiger partial charge in [-0.05, 0) is 18.9 Å². The number of anilines is 1. The molecule has 0 atom stereocenters. The number of carbonyl (C=O) groups is 1. The number of nitrogens with zero attached hydrogens (tertiary/aromatic N) is 5. The Labute approximate surface area is 188 Å². The van der Waals surface area contributed by atoms with Crippen LogP contribution in [0.2, 0.25) is 0 Å². The first-order valence-electron chi connectivity index (χ1n) is 9.87. The summed E-state index contributed by atoms with van der Waals surface area (Å²) in [4.78, 5) is 28.6. The predicted molar refractivity (Wildman–Crippen MR) is 119 cm³/mol. The summed E-state index contributed by atoms with van der Waals surface area (Å²) in [6.07, 6.45) is 6.05. The summed E-state index contributed by atoms with van der Waals surface area (Å²) >= 11 is 1.19. The number of sulfonamides is 1. The topological polar surface area (TPSA) is 166 Å². The van der Waals surface area contributed by atoms with E-state index in [0.717, 1.165) is 12.5 Å². The van der Waals surface area contributed by atoms with Gasteiger partial charge in [0.05, 0.1) is 11.5 Å². The molecule has 0 aliphatic heterocycles. The van der Waals surface area contributed by atoms with Crippen LogP contribution in [0.4, 0.5) is 11.6 Å². The number of fused-ring (bicyclic) bond motifs is 1. The Bertz CT molecular complexity index is 1190. The van der Waals surface area contributed by atoms with Gasteiger partial charge in [-0.2, -0.15) is 4.37 Å². The molecule has 172 valence electrons.